The molecule has 0 aliphatic heterocycles. The van der Waals surface area contributed by atoms with Gasteiger partial charge in [0.25, 0.3) is 15.7 Å². The Bertz CT molecular complexity index is 1180. The standard InChI is InChI=1S/C17H13FN2O6S/c1-10-14(9-17(21)22)15-8-11(18)2-7-16(15)19(10)27(25,26)13-5-3-12(4-6-13)20(23)24/h2-8H,9H2,1H3,(H,21,22). The topological polar surface area (TPSA) is 120 Å². The predicted octanol–water partition coefficient (Wildman–Crippen LogP) is 2.86. The lowest BCUT2D eigenvalue weighted by molar-refractivity contribution is -0.384. The number of nitro benzene ring substituents is 1. The molecule has 0 radical (unpaired) electrons. The van der Waals surface area contributed by atoms with Crippen molar-refractivity contribution >= 4 is 32.6 Å². The van der Waals surface area contributed by atoms with E-state index in [0.717, 1.165) is 40.4 Å². The van der Waals surface area contributed by atoms with E-state index in [0.29, 0.717) is 0 Å². The third-order valence-electron chi connectivity index (χ3n) is 4.16. The van der Waals surface area contributed by atoms with E-state index in [9.17, 15) is 27.7 Å². The Labute approximate surface area is 152 Å². The van der Waals surface area contributed by atoms with E-state index >= 15 is 0 Å². The maximum Gasteiger partial charge on any atom is 0.307 e. The van der Waals surface area contributed by atoms with Crippen molar-refractivity contribution in [3.05, 3.63) is 69.7 Å². The molecule has 3 rings (SSSR count). The number of non-ortho nitro benzene ring substituents is 1. The second-order valence-electron chi connectivity index (χ2n) is 5.82. The number of aromatic nitrogens is 1. The molecule has 8 nitrogen and oxygen atoms in total. The maximum atomic E-state index is 13.7. The zero-order chi connectivity index (χ0) is 19.9. The number of carbonyl (C=O) groups is 1. The van der Waals surface area contributed by atoms with Crippen LogP contribution in [0.15, 0.2) is 47.4 Å². The second kappa shape index (κ2) is 6.47. The molecular weight excluding hydrogens is 379 g/mol. The third-order valence-corrected chi connectivity index (χ3v) is 5.98. The predicted molar refractivity (Wildman–Crippen MR) is 93.7 cm³/mol. The molecular formula is C17H13FN2O6S. The van der Waals surface area contributed by atoms with E-state index in [-0.39, 0.29) is 32.7 Å². The lowest BCUT2D eigenvalue weighted by Crippen LogP contribution is -2.15. The number of hydrogen-bond acceptors (Lipinski definition) is 5. The molecule has 0 aliphatic carbocycles. The number of fused-ring (bicyclic) bond motifs is 1. The highest BCUT2D eigenvalue weighted by Gasteiger charge is 2.26. The van der Waals surface area contributed by atoms with Crippen LogP contribution in [-0.2, 0) is 21.2 Å². The van der Waals surface area contributed by atoms with Crippen LogP contribution in [0.25, 0.3) is 10.9 Å². The van der Waals surface area contributed by atoms with Gasteiger partial charge in [-0.15, -0.1) is 0 Å². The first-order valence-electron chi connectivity index (χ1n) is 7.64. The molecule has 27 heavy (non-hydrogen) atoms. The van der Waals surface area contributed by atoms with Gasteiger partial charge in [-0.1, -0.05) is 0 Å². The Balaban J connectivity index is 2.28. The molecule has 2 aromatic carbocycles. The lowest BCUT2D eigenvalue weighted by atomic mass is 10.1. The molecule has 0 atom stereocenters. The Morgan fingerprint density at radius 1 is 1.22 bits per heavy atom. The number of carboxylic acid groups (broad SMARTS) is 1. The van der Waals surface area contributed by atoms with Crippen molar-refractivity contribution in [2.75, 3.05) is 0 Å². The van der Waals surface area contributed by atoms with Crippen LogP contribution in [-0.4, -0.2) is 28.4 Å². The Morgan fingerprint density at radius 2 is 1.85 bits per heavy atom. The summed E-state index contributed by atoms with van der Waals surface area (Å²) in [6.45, 7) is 1.43. The van der Waals surface area contributed by atoms with Gasteiger partial charge < -0.3 is 5.11 Å². The van der Waals surface area contributed by atoms with Gasteiger partial charge in [0.05, 0.1) is 21.8 Å². The molecule has 140 valence electrons. The summed E-state index contributed by atoms with van der Waals surface area (Å²) in [5.74, 6) is -1.81. The number of halogens is 1. The Kier molecular flexibility index (Phi) is 4.44. The van der Waals surface area contributed by atoms with E-state index in [1.54, 1.807) is 0 Å². The number of nitro groups is 1. The SMILES string of the molecule is Cc1c(CC(=O)O)c2cc(F)ccc2n1S(=O)(=O)c1ccc([N+](=O)[O-])cc1. The average molecular weight is 392 g/mol. The number of benzene rings is 2. The molecule has 10 heteroatoms. The molecule has 0 amide bonds. The number of hydrogen-bond donors (Lipinski definition) is 1. The van der Waals surface area contributed by atoms with Gasteiger partial charge in [-0.25, -0.2) is 16.8 Å². The summed E-state index contributed by atoms with van der Waals surface area (Å²) in [7, 11) is -4.19. The zero-order valence-corrected chi connectivity index (χ0v) is 14.7. The molecule has 0 unspecified atom stereocenters. The van der Waals surface area contributed by atoms with Crippen molar-refractivity contribution in [3.8, 4) is 0 Å². The molecule has 0 fully saturated rings. The maximum absolute atomic E-state index is 13.7. The van der Waals surface area contributed by atoms with Gasteiger partial charge in [0.2, 0.25) is 0 Å². The summed E-state index contributed by atoms with van der Waals surface area (Å²) in [5.41, 5.74) is 0.180. The van der Waals surface area contributed by atoms with E-state index in [1.165, 1.54) is 13.0 Å². The van der Waals surface area contributed by atoms with Crippen LogP contribution >= 0.6 is 0 Å². The van der Waals surface area contributed by atoms with Crippen molar-refractivity contribution in [2.24, 2.45) is 0 Å². The largest absolute Gasteiger partial charge is 0.481 e. The highest BCUT2D eigenvalue weighted by Crippen LogP contribution is 2.31. The normalized spacial score (nSPS) is 11.6. The molecule has 1 heterocycles. The van der Waals surface area contributed by atoms with E-state index in [4.69, 9.17) is 5.11 Å². The molecule has 0 saturated carbocycles. The van der Waals surface area contributed by atoms with Crippen LogP contribution in [0.3, 0.4) is 0 Å². The van der Waals surface area contributed by atoms with Crippen LogP contribution in [0.5, 0.6) is 0 Å². The summed E-state index contributed by atoms with van der Waals surface area (Å²) < 4.78 is 40.8. The van der Waals surface area contributed by atoms with Crippen LogP contribution in [0, 0.1) is 22.9 Å². The van der Waals surface area contributed by atoms with Gasteiger partial charge in [-0.3, -0.25) is 14.9 Å². The van der Waals surface area contributed by atoms with Crippen molar-refractivity contribution in [1.29, 1.82) is 0 Å². The van der Waals surface area contributed by atoms with Crippen molar-refractivity contribution < 1.29 is 27.6 Å². The van der Waals surface area contributed by atoms with Crippen molar-refractivity contribution in [3.63, 3.8) is 0 Å². The quantitative estimate of drug-likeness (QED) is 0.527. The molecule has 0 saturated heterocycles. The molecule has 0 spiro atoms. The van der Waals surface area contributed by atoms with Crippen LogP contribution in [0.1, 0.15) is 11.3 Å². The van der Waals surface area contributed by atoms with Crippen molar-refractivity contribution in [2.45, 2.75) is 18.2 Å². The van der Waals surface area contributed by atoms with E-state index in [1.807, 2.05) is 0 Å². The highest BCUT2D eigenvalue weighted by molar-refractivity contribution is 7.90. The second-order valence-corrected chi connectivity index (χ2v) is 7.60. The summed E-state index contributed by atoms with van der Waals surface area (Å²) in [6.07, 6.45) is -0.478. The molecule has 1 N–H and O–H groups in total. The van der Waals surface area contributed by atoms with Crippen LogP contribution in [0.2, 0.25) is 0 Å². The van der Waals surface area contributed by atoms with Crippen molar-refractivity contribution in [1.82, 2.24) is 3.97 Å². The van der Waals surface area contributed by atoms with E-state index in [2.05, 4.69) is 0 Å². The lowest BCUT2D eigenvalue weighted by Gasteiger charge is -2.10. The first-order chi connectivity index (χ1) is 12.6. The minimum atomic E-state index is -4.19. The van der Waals surface area contributed by atoms with Gasteiger partial charge in [0, 0.05) is 23.2 Å². The number of rotatable bonds is 5. The Hall–Kier alpha value is -3.27. The van der Waals surface area contributed by atoms with Gasteiger partial charge >= 0.3 is 5.97 Å². The molecule has 1 aromatic heterocycles. The summed E-state index contributed by atoms with van der Waals surface area (Å²) in [5, 5.41) is 20.1. The first kappa shape index (κ1) is 18.5. The van der Waals surface area contributed by atoms with Gasteiger partial charge in [-0.2, -0.15) is 0 Å². The summed E-state index contributed by atoms with van der Waals surface area (Å²) in [4.78, 5) is 21.1. The average Bonchev–Trinajstić information content (AvgIpc) is 2.86. The van der Waals surface area contributed by atoms with Gasteiger partial charge in [-0.05, 0) is 42.8 Å². The minimum Gasteiger partial charge on any atom is -0.481 e. The monoisotopic (exact) mass is 392 g/mol. The third kappa shape index (κ3) is 3.14. The van der Waals surface area contributed by atoms with Gasteiger partial charge in [0.1, 0.15) is 5.82 Å². The Morgan fingerprint density at radius 3 is 2.41 bits per heavy atom. The molecule has 0 aliphatic rings. The summed E-state index contributed by atoms with van der Waals surface area (Å²) >= 11 is 0. The number of carboxylic acids is 1. The zero-order valence-electron chi connectivity index (χ0n) is 13.9. The number of aliphatic carboxylic acids is 1. The fourth-order valence-electron chi connectivity index (χ4n) is 2.95. The smallest absolute Gasteiger partial charge is 0.307 e. The number of nitrogens with zero attached hydrogens (tertiary/aromatic N) is 2. The van der Waals surface area contributed by atoms with E-state index < -0.39 is 33.2 Å². The fraction of sp³-hybridized carbons (Fsp3) is 0.118. The fourth-order valence-corrected chi connectivity index (χ4v) is 4.53. The van der Waals surface area contributed by atoms with Crippen LogP contribution < -0.4 is 0 Å². The summed E-state index contributed by atoms with van der Waals surface area (Å²) in [6, 6.07) is 7.73. The minimum absolute atomic E-state index is 0.128. The molecule has 0 bridgehead atoms. The van der Waals surface area contributed by atoms with Crippen LogP contribution in [0.4, 0.5) is 10.1 Å². The highest BCUT2D eigenvalue weighted by atomic mass is 32.2. The molecule has 3 aromatic rings. The van der Waals surface area contributed by atoms with Gasteiger partial charge in [0.15, 0.2) is 0 Å². The first-order valence-corrected chi connectivity index (χ1v) is 9.08.